The summed E-state index contributed by atoms with van der Waals surface area (Å²) >= 11 is 0. The van der Waals surface area contributed by atoms with Crippen LogP contribution in [0.5, 0.6) is 0 Å². The molecule has 2 aromatic rings. The number of nitrogens with one attached hydrogen (secondary N) is 1. The second kappa shape index (κ2) is 13.4. The van der Waals surface area contributed by atoms with Crippen LogP contribution in [0.2, 0.25) is 0 Å². The smallest absolute Gasteiger partial charge is 0.475 e. The first-order chi connectivity index (χ1) is 18.5. The van der Waals surface area contributed by atoms with Gasteiger partial charge in [-0.3, -0.25) is 9.88 Å². The number of aryl methyl sites for hydroxylation is 1. The molecule has 1 spiro atoms. The van der Waals surface area contributed by atoms with Crippen LogP contribution < -0.4 is 5.32 Å². The number of aliphatic carboxylic acids is 2. The molecule has 1 aromatic heterocycles. The number of aliphatic hydroxyl groups is 1. The summed E-state index contributed by atoms with van der Waals surface area (Å²) in [6.45, 7) is 4.84. The number of piperidine rings is 1. The zero-order chi connectivity index (χ0) is 30.3. The lowest BCUT2D eigenvalue weighted by atomic mass is 9.72. The van der Waals surface area contributed by atoms with E-state index < -0.39 is 24.3 Å². The third-order valence-electron chi connectivity index (χ3n) is 6.84. The van der Waals surface area contributed by atoms with E-state index in [2.05, 4.69) is 65.6 Å². The number of aromatic nitrogens is 1. The van der Waals surface area contributed by atoms with Crippen LogP contribution in [0.25, 0.3) is 0 Å². The topological polar surface area (TPSA) is 123 Å². The molecular formula is C26H31F6N3O5. The normalized spacial score (nSPS) is 19.6. The van der Waals surface area contributed by atoms with Crippen LogP contribution in [-0.2, 0) is 28.0 Å². The van der Waals surface area contributed by atoms with Gasteiger partial charge in [0.25, 0.3) is 0 Å². The van der Waals surface area contributed by atoms with Gasteiger partial charge in [0.2, 0.25) is 0 Å². The fourth-order valence-corrected chi connectivity index (χ4v) is 4.87. The molecule has 1 aliphatic carbocycles. The van der Waals surface area contributed by atoms with Crippen LogP contribution >= 0.6 is 0 Å². The van der Waals surface area contributed by atoms with Crippen LogP contribution in [0.15, 0.2) is 42.6 Å². The molecule has 8 nitrogen and oxygen atoms in total. The number of carbonyl (C=O) groups is 2. The van der Waals surface area contributed by atoms with Crippen molar-refractivity contribution in [1.29, 1.82) is 0 Å². The molecule has 0 unspecified atom stereocenters. The van der Waals surface area contributed by atoms with Gasteiger partial charge < -0.3 is 20.6 Å². The minimum Gasteiger partial charge on any atom is -0.475 e. The Morgan fingerprint density at radius 3 is 1.98 bits per heavy atom. The lowest BCUT2D eigenvalue weighted by Gasteiger charge is -2.40. The van der Waals surface area contributed by atoms with Gasteiger partial charge in [-0.25, -0.2) is 9.59 Å². The third kappa shape index (κ3) is 8.15. The molecule has 2 atom stereocenters. The van der Waals surface area contributed by atoms with Gasteiger partial charge in [-0.1, -0.05) is 37.3 Å². The number of likely N-dealkylation sites (N-methyl/N-ethyl adjacent to an activating group) is 1. The number of carboxylic acids is 2. The van der Waals surface area contributed by atoms with Crippen LogP contribution in [0.4, 0.5) is 26.3 Å². The molecular weight excluding hydrogens is 548 g/mol. The summed E-state index contributed by atoms with van der Waals surface area (Å²) in [5.41, 5.74) is 4.84. The fourth-order valence-electron chi connectivity index (χ4n) is 4.87. The van der Waals surface area contributed by atoms with Crippen molar-refractivity contribution in [2.24, 2.45) is 0 Å². The third-order valence-corrected chi connectivity index (χ3v) is 6.84. The summed E-state index contributed by atoms with van der Waals surface area (Å²) < 4.78 is 63.5. The van der Waals surface area contributed by atoms with Crippen molar-refractivity contribution < 1.29 is 51.3 Å². The summed E-state index contributed by atoms with van der Waals surface area (Å²) in [5.74, 6) is -5.51. The average Bonchev–Trinajstić information content (AvgIpc) is 3.12. The molecule has 1 aliphatic heterocycles. The van der Waals surface area contributed by atoms with E-state index in [-0.39, 0.29) is 17.6 Å². The Labute approximate surface area is 226 Å². The summed E-state index contributed by atoms with van der Waals surface area (Å²) in [7, 11) is 2.11. The first-order valence-electron chi connectivity index (χ1n) is 12.3. The zero-order valence-electron chi connectivity index (χ0n) is 21.8. The predicted molar refractivity (Wildman–Crippen MR) is 131 cm³/mol. The van der Waals surface area contributed by atoms with Gasteiger partial charge in [0.1, 0.15) is 0 Å². The molecule has 0 saturated carbocycles. The van der Waals surface area contributed by atoms with Gasteiger partial charge >= 0.3 is 24.3 Å². The van der Waals surface area contributed by atoms with E-state index in [9.17, 15) is 31.4 Å². The Hall–Kier alpha value is -3.23. The van der Waals surface area contributed by atoms with Gasteiger partial charge in [0.15, 0.2) is 0 Å². The first kappa shape index (κ1) is 33.0. The lowest BCUT2D eigenvalue weighted by Crippen LogP contribution is -2.48. The average molecular weight is 580 g/mol. The minimum absolute atomic E-state index is 0.0250. The van der Waals surface area contributed by atoms with Crippen molar-refractivity contribution in [1.82, 2.24) is 15.2 Å². The molecule has 0 radical (unpaired) electrons. The highest BCUT2D eigenvalue weighted by Crippen LogP contribution is 2.51. The Balaban J connectivity index is 0.000000333. The highest BCUT2D eigenvalue weighted by atomic mass is 19.4. The number of benzene rings is 1. The summed E-state index contributed by atoms with van der Waals surface area (Å²) in [6, 6.07) is 12.9. The van der Waals surface area contributed by atoms with Crippen LogP contribution in [0.1, 0.15) is 48.2 Å². The molecule has 2 heterocycles. The number of hydrogen-bond acceptors (Lipinski definition) is 6. The highest BCUT2D eigenvalue weighted by Gasteiger charge is 2.52. The van der Waals surface area contributed by atoms with Crippen LogP contribution in [0, 0.1) is 0 Å². The highest BCUT2D eigenvalue weighted by molar-refractivity contribution is 5.73. The Kier molecular flexibility index (Phi) is 11.1. The van der Waals surface area contributed by atoms with E-state index in [1.807, 2.05) is 6.20 Å². The fraction of sp³-hybridized carbons (Fsp3) is 0.500. The number of hydrogen-bond donors (Lipinski definition) is 4. The maximum Gasteiger partial charge on any atom is 0.490 e. The second-order valence-corrected chi connectivity index (χ2v) is 9.42. The molecule has 40 heavy (non-hydrogen) atoms. The van der Waals surface area contributed by atoms with Gasteiger partial charge in [-0.2, -0.15) is 26.3 Å². The maximum absolute atomic E-state index is 11.4. The number of nitrogens with zero attached hydrogens (tertiary/aromatic N) is 2. The molecule has 1 saturated heterocycles. The number of pyridine rings is 1. The minimum atomic E-state index is -5.08. The van der Waals surface area contributed by atoms with Crippen molar-refractivity contribution in [3.63, 3.8) is 0 Å². The lowest BCUT2D eigenvalue weighted by molar-refractivity contribution is -0.193. The summed E-state index contributed by atoms with van der Waals surface area (Å²) in [4.78, 5) is 24.7. The van der Waals surface area contributed by atoms with E-state index in [4.69, 9.17) is 19.8 Å². The van der Waals surface area contributed by atoms with Gasteiger partial charge in [0.05, 0.1) is 17.8 Å². The van der Waals surface area contributed by atoms with E-state index in [1.54, 1.807) is 0 Å². The molecule has 1 aromatic carbocycles. The molecule has 0 amide bonds. The van der Waals surface area contributed by atoms with Crippen molar-refractivity contribution >= 4 is 11.9 Å². The Morgan fingerprint density at radius 1 is 1.00 bits per heavy atom. The van der Waals surface area contributed by atoms with Crippen LogP contribution in [-0.4, -0.2) is 75.7 Å². The monoisotopic (exact) mass is 579 g/mol. The first-order valence-corrected chi connectivity index (χ1v) is 12.3. The van der Waals surface area contributed by atoms with E-state index in [0.717, 1.165) is 44.6 Å². The van der Waals surface area contributed by atoms with Crippen molar-refractivity contribution in [3.05, 3.63) is 65.0 Å². The summed E-state index contributed by atoms with van der Waals surface area (Å²) in [6.07, 6.45) is -5.56. The number of fused-ring (bicyclic) bond motifs is 2. The molecule has 222 valence electrons. The second-order valence-electron chi connectivity index (χ2n) is 9.42. The Morgan fingerprint density at radius 2 is 1.52 bits per heavy atom. The van der Waals surface area contributed by atoms with Crippen molar-refractivity contribution in [2.75, 3.05) is 20.1 Å². The number of alkyl halides is 6. The van der Waals surface area contributed by atoms with E-state index in [1.165, 1.54) is 16.7 Å². The molecule has 0 bridgehead atoms. The molecule has 2 aliphatic rings. The molecule has 4 rings (SSSR count). The molecule has 14 heteroatoms. The van der Waals surface area contributed by atoms with Crippen molar-refractivity contribution in [3.8, 4) is 0 Å². The maximum atomic E-state index is 11.4. The number of carboxylic acid groups (broad SMARTS) is 2. The van der Waals surface area contributed by atoms with Gasteiger partial charge in [-0.05, 0) is 62.2 Å². The standard InChI is InChI=1S/C22H29N3O.2C2HF3O2/c1-3-16-8-9-17(24-14-16)15-25(2)20-18-6-4-5-7-19(18)22(21(20)26)10-12-23-13-11-22;2*3-2(4,5)1(6)7/h4-9,14,20-21,23,26H,3,10-13,15H2,1-2H3;2*(H,6,7)/t20-,21+;;/m1../s1. The predicted octanol–water partition coefficient (Wildman–Crippen LogP) is 4.08. The number of aliphatic hydroxyl groups excluding tert-OH is 1. The van der Waals surface area contributed by atoms with Crippen LogP contribution in [0.3, 0.4) is 0 Å². The Bertz CT molecular complexity index is 1110. The van der Waals surface area contributed by atoms with Crippen molar-refractivity contribution in [2.45, 2.75) is 62.6 Å². The zero-order valence-corrected chi connectivity index (χ0v) is 21.8. The largest absolute Gasteiger partial charge is 0.490 e. The SMILES string of the molecule is CCc1ccc(CN(C)[C@@H]2c3ccccc3C3(CCNCC3)[C@H]2O)nc1.O=C(O)C(F)(F)F.O=C(O)C(F)(F)F. The quantitative estimate of drug-likeness (QED) is 0.400. The van der Waals surface area contributed by atoms with E-state index >= 15 is 0 Å². The van der Waals surface area contributed by atoms with Gasteiger partial charge in [-0.15, -0.1) is 0 Å². The van der Waals surface area contributed by atoms with Gasteiger partial charge in [0, 0.05) is 18.2 Å². The number of rotatable bonds is 4. The summed E-state index contributed by atoms with van der Waals surface area (Å²) in [5, 5.41) is 29.1. The molecule has 1 fully saturated rings. The number of halogens is 6. The van der Waals surface area contributed by atoms with E-state index in [0.29, 0.717) is 0 Å². The molecule has 4 N–H and O–H groups in total.